The Balaban J connectivity index is 1.73. The Labute approximate surface area is 158 Å². The fraction of sp³-hybridized carbons (Fsp3) is 0.238. The van der Waals surface area contributed by atoms with Crippen LogP contribution in [0.3, 0.4) is 0 Å². The molecule has 4 rings (SSSR count). The summed E-state index contributed by atoms with van der Waals surface area (Å²) in [6.07, 6.45) is 5.85. The molecule has 0 atom stereocenters. The zero-order chi connectivity index (χ0) is 19.0. The van der Waals surface area contributed by atoms with E-state index >= 15 is 0 Å². The second kappa shape index (κ2) is 6.79. The highest BCUT2D eigenvalue weighted by molar-refractivity contribution is 5.95. The topological polar surface area (TPSA) is 56.9 Å². The Morgan fingerprint density at radius 1 is 1.11 bits per heavy atom. The molecule has 0 unspecified atom stereocenters. The molecule has 0 radical (unpaired) electrons. The molecule has 0 fully saturated rings. The highest BCUT2D eigenvalue weighted by Crippen LogP contribution is 2.32. The summed E-state index contributed by atoms with van der Waals surface area (Å²) in [6, 6.07) is 12.1. The van der Waals surface area contributed by atoms with Gasteiger partial charge in [0.25, 0.3) is 0 Å². The Bertz CT molecular complexity index is 1090. The van der Waals surface area contributed by atoms with Crippen molar-refractivity contribution in [3.05, 3.63) is 55.0 Å². The number of nitrogens with one attached hydrogen (secondary N) is 1. The van der Waals surface area contributed by atoms with Gasteiger partial charge in [0.2, 0.25) is 0 Å². The predicted octanol–water partition coefficient (Wildman–Crippen LogP) is 4.50. The summed E-state index contributed by atoms with van der Waals surface area (Å²) in [4.78, 5) is 4.56. The van der Waals surface area contributed by atoms with E-state index in [1.54, 1.807) is 0 Å². The normalized spacial score (nSPS) is 11.3. The fourth-order valence-corrected chi connectivity index (χ4v) is 3.25. The van der Waals surface area contributed by atoms with Gasteiger partial charge in [0, 0.05) is 49.2 Å². The van der Waals surface area contributed by atoms with Crippen molar-refractivity contribution < 1.29 is 4.74 Å². The first-order valence-corrected chi connectivity index (χ1v) is 8.98. The van der Waals surface area contributed by atoms with E-state index < -0.39 is 0 Å². The van der Waals surface area contributed by atoms with Crippen molar-refractivity contribution in [3.63, 3.8) is 0 Å². The lowest BCUT2D eigenvalue weighted by molar-refractivity contribution is 0.242. The van der Waals surface area contributed by atoms with Gasteiger partial charge in [-0.05, 0) is 38.1 Å². The summed E-state index contributed by atoms with van der Waals surface area (Å²) in [7, 11) is 3.98. The number of rotatable bonds is 5. The summed E-state index contributed by atoms with van der Waals surface area (Å²) in [6.45, 7) is 4.04. The van der Waals surface area contributed by atoms with Crippen molar-refractivity contribution in [3.8, 4) is 17.0 Å². The van der Waals surface area contributed by atoms with Crippen molar-refractivity contribution in [2.75, 3.05) is 5.32 Å². The Morgan fingerprint density at radius 2 is 1.96 bits per heavy atom. The highest BCUT2D eigenvalue weighted by atomic mass is 16.5. The van der Waals surface area contributed by atoms with E-state index in [1.807, 2.05) is 74.5 Å². The van der Waals surface area contributed by atoms with Crippen molar-refractivity contribution in [2.24, 2.45) is 14.1 Å². The summed E-state index contributed by atoms with van der Waals surface area (Å²) in [5.74, 6) is 1.66. The Kier molecular flexibility index (Phi) is 4.32. The summed E-state index contributed by atoms with van der Waals surface area (Å²) in [5, 5.41) is 8.78. The van der Waals surface area contributed by atoms with Gasteiger partial charge in [-0.3, -0.25) is 4.68 Å². The maximum Gasteiger partial charge on any atom is 0.139 e. The molecule has 0 saturated carbocycles. The second-order valence-corrected chi connectivity index (χ2v) is 6.90. The van der Waals surface area contributed by atoms with Crippen LogP contribution >= 0.6 is 0 Å². The molecule has 138 valence electrons. The van der Waals surface area contributed by atoms with E-state index in [-0.39, 0.29) is 6.10 Å². The largest absolute Gasteiger partial charge is 0.491 e. The van der Waals surface area contributed by atoms with Gasteiger partial charge in [-0.1, -0.05) is 6.07 Å². The summed E-state index contributed by atoms with van der Waals surface area (Å²) in [5.41, 5.74) is 4.24. The van der Waals surface area contributed by atoms with Crippen molar-refractivity contribution in [2.45, 2.75) is 20.0 Å². The first-order valence-electron chi connectivity index (χ1n) is 8.98. The van der Waals surface area contributed by atoms with E-state index in [1.165, 1.54) is 0 Å². The number of aromatic nitrogens is 4. The minimum atomic E-state index is 0.137. The third-order valence-electron chi connectivity index (χ3n) is 4.44. The molecule has 3 heterocycles. The van der Waals surface area contributed by atoms with Crippen LogP contribution in [0, 0.1) is 0 Å². The van der Waals surface area contributed by atoms with Crippen LogP contribution in [-0.4, -0.2) is 25.4 Å². The molecule has 1 aromatic carbocycles. The lowest BCUT2D eigenvalue weighted by Crippen LogP contribution is -2.05. The van der Waals surface area contributed by atoms with Crippen molar-refractivity contribution in [1.29, 1.82) is 0 Å². The lowest BCUT2D eigenvalue weighted by atomic mass is 10.2. The average Bonchev–Trinajstić information content (AvgIpc) is 3.19. The predicted molar refractivity (Wildman–Crippen MR) is 108 cm³/mol. The molecule has 1 N–H and O–H groups in total. The highest BCUT2D eigenvalue weighted by Gasteiger charge is 2.13. The van der Waals surface area contributed by atoms with E-state index in [4.69, 9.17) is 4.74 Å². The smallest absolute Gasteiger partial charge is 0.139 e. The van der Waals surface area contributed by atoms with Gasteiger partial charge in [-0.25, -0.2) is 4.98 Å². The minimum absolute atomic E-state index is 0.137. The number of fused-ring (bicyclic) bond motifs is 1. The quantitative estimate of drug-likeness (QED) is 0.568. The second-order valence-electron chi connectivity index (χ2n) is 6.90. The van der Waals surface area contributed by atoms with Crippen LogP contribution < -0.4 is 10.1 Å². The number of anilines is 2. The number of benzene rings is 1. The third kappa shape index (κ3) is 3.38. The van der Waals surface area contributed by atoms with Gasteiger partial charge in [0.05, 0.1) is 23.5 Å². The van der Waals surface area contributed by atoms with Crippen LogP contribution in [0.25, 0.3) is 22.2 Å². The molecular formula is C21H23N5O. The molecule has 0 aliphatic heterocycles. The van der Waals surface area contributed by atoms with Crippen LogP contribution in [0.1, 0.15) is 13.8 Å². The van der Waals surface area contributed by atoms with Crippen LogP contribution in [0.15, 0.2) is 55.0 Å². The molecule has 0 amide bonds. The molecule has 6 heteroatoms. The number of hydrogen-bond acceptors (Lipinski definition) is 4. The molecule has 6 nitrogen and oxygen atoms in total. The van der Waals surface area contributed by atoms with Gasteiger partial charge in [-0.2, -0.15) is 5.10 Å². The molecule has 0 spiro atoms. The van der Waals surface area contributed by atoms with E-state index in [9.17, 15) is 0 Å². The maximum absolute atomic E-state index is 5.79. The van der Waals surface area contributed by atoms with E-state index in [0.717, 1.165) is 39.4 Å². The molecule has 0 bridgehead atoms. The molecule has 0 aliphatic rings. The molecule has 0 aliphatic carbocycles. The fourth-order valence-electron chi connectivity index (χ4n) is 3.25. The summed E-state index contributed by atoms with van der Waals surface area (Å²) >= 11 is 0. The van der Waals surface area contributed by atoms with Crippen LogP contribution in [0.2, 0.25) is 0 Å². The van der Waals surface area contributed by atoms with Gasteiger partial charge >= 0.3 is 0 Å². The monoisotopic (exact) mass is 361 g/mol. The van der Waals surface area contributed by atoms with Crippen LogP contribution in [0.5, 0.6) is 5.75 Å². The molecule has 3 aromatic heterocycles. The number of nitrogens with zero attached hydrogens (tertiary/aromatic N) is 4. The van der Waals surface area contributed by atoms with Gasteiger partial charge in [0.15, 0.2) is 0 Å². The van der Waals surface area contributed by atoms with E-state index in [0.29, 0.717) is 0 Å². The molecule has 27 heavy (non-hydrogen) atoms. The SMILES string of the molecule is CC(C)Oc1cccc(Nc2nccc3c2cc(-c2cnn(C)c2)n3C)c1. The molecule has 4 aromatic rings. The minimum Gasteiger partial charge on any atom is -0.491 e. The van der Waals surface area contributed by atoms with E-state index in [2.05, 4.69) is 33.1 Å². The Morgan fingerprint density at radius 3 is 2.70 bits per heavy atom. The molecular weight excluding hydrogens is 338 g/mol. The van der Waals surface area contributed by atoms with Gasteiger partial charge < -0.3 is 14.6 Å². The van der Waals surface area contributed by atoms with Crippen molar-refractivity contribution in [1.82, 2.24) is 19.3 Å². The zero-order valence-corrected chi connectivity index (χ0v) is 16.0. The van der Waals surface area contributed by atoms with Crippen molar-refractivity contribution >= 4 is 22.4 Å². The number of ether oxygens (including phenoxy) is 1. The van der Waals surface area contributed by atoms with Crippen LogP contribution in [-0.2, 0) is 14.1 Å². The first-order chi connectivity index (χ1) is 13.0. The standard InChI is InChI=1S/C21H23N5O/c1-14(2)27-17-7-5-6-16(10-17)24-21-18-11-20(15-12-23-25(3)13-15)26(4)19(18)8-9-22-21/h5-14H,1-4H3,(H,22,24). The van der Waals surface area contributed by atoms with Gasteiger partial charge in [0.1, 0.15) is 11.6 Å². The number of aryl methyl sites for hydroxylation is 2. The average molecular weight is 361 g/mol. The first kappa shape index (κ1) is 17.1. The zero-order valence-electron chi connectivity index (χ0n) is 16.0. The summed E-state index contributed by atoms with van der Waals surface area (Å²) < 4.78 is 9.76. The third-order valence-corrected chi connectivity index (χ3v) is 4.44. The number of hydrogen-bond donors (Lipinski definition) is 1. The molecule has 0 saturated heterocycles. The maximum atomic E-state index is 5.79. The Hall–Kier alpha value is -3.28. The van der Waals surface area contributed by atoms with Crippen LogP contribution in [0.4, 0.5) is 11.5 Å². The lowest BCUT2D eigenvalue weighted by Gasteiger charge is -2.12. The van der Waals surface area contributed by atoms with Gasteiger partial charge in [-0.15, -0.1) is 0 Å². The number of pyridine rings is 1.